The molecule has 0 fully saturated rings. The fourth-order valence-corrected chi connectivity index (χ4v) is 3.92. The smallest absolute Gasteiger partial charge is 0.267 e. The Hall–Kier alpha value is -3.72. The van der Waals surface area contributed by atoms with Gasteiger partial charge in [-0.1, -0.05) is 6.07 Å². The lowest BCUT2D eigenvalue weighted by atomic mass is 10.2. The molecule has 3 aromatic heterocycles. The van der Waals surface area contributed by atoms with Gasteiger partial charge in [0.15, 0.2) is 10.8 Å². The zero-order valence-corrected chi connectivity index (χ0v) is 18.1. The lowest BCUT2D eigenvalue weighted by molar-refractivity contribution is -0.119. The standard InChI is InChI=1S/C22H21N5O3S/c1-13-8-9-18(30-13)22-24-14(2)19(31-22)21(29)26-17-7-4-6-16(12-17)25-20(28)15(3)27-11-5-10-23-27/h4-12,15H,1-3H3,(H,25,28)(H,26,29). The van der Waals surface area contributed by atoms with Crippen LogP contribution in [0.5, 0.6) is 0 Å². The van der Waals surface area contributed by atoms with Gasteiger partial charge >= 0.3 is 0 Å². The van der Waals surface area contributed by atoms with Crippen LogP contribution in [0.2, 0.25) is 0 Å². The van der Waals surface area contributed by atoms with Crippen LogP contribution in [-0.2, 0) is 4.79 Å². The molecule has 1 aromatic carbocycles. The van der Waals surface area contributed by atoms with E-state index in [0.29, 0.717) is 32.7 Å². The second-order valence-electron chi connectivity index (χ2n) is 7.03. The lowest BCUT2D eigenvalue weighted by Crippen LogP contribution is -2.24. The molecular weight excluding hydrogens is 414 g/mol. The minimum absolute atomic E-state index is 0.205. The molecule has 1 unspecified atom stereocenters. The summed E-state index contributed by atoms with van der Waals surface area (Å²) in [5.74, 6) is 0.956. The third kappa shape index (κ3) is 4.56. The molecule has 0 radical (unpaired) electrons. The van der Waals surface area contributed by atoms with Crippen LogP contribution in [-0.4, -0.2) is 26.6 Å². The summed E-state index contributed by atoms with van der Waals surface area (Å²) in [4.78, 5) is 30.2. The predicted octanol–water partition coefficient (Wildman–Crippen LogP) is 4.67. The number of aromatic nitrogens is 3. The van der Waals surface area contributed by atoms with Crippen molar-refractivity contribution >= 4 is 34.5 Å². The third-order valence-electron chi connectivity index (χ3n) is 4.64. The Balaban J connectivity index is 1.46. The number of carbonyl (C=O) groups excluding carboxylic acids is 2. The van der Waals surface area contributed by atoms with Crippen molar-refractivity contribution in [2.45, 2.75) is 26.8 Å². The zero-order chi connectivity index (χ0) is 22.0. The van der Waals surface area contributed by atoms with Gasteiger partial charge in [-0.05, 0) is 57.2 Å². The van der Waals surface area contributed by atoms with E-state index in [1.165, 1.54) is 11.3 Å². The molecule has 0 saturated heterocycles. The molecule has 0 aliphatic rings. The fourth-order valence-electron chi connectivity index (χ4n) is 3.00. The summed E-state index contributed by atoms with van der Waals surface area (Å²) in [7, 11) is 0. The van der Waals surface area contributed by atoms with E-state index in [1.54, 1.807) is 61.3 Å². The monoisotopic (exact) mass is 435 g/mol. The fraction of sp³-hybridized carbons (Fsp3) is 0.182. The second-order valence-corrected chi connectivity index (χ2v) is 8.03. The Bertz CT molecular complexity index is 1230. The predicted molar refractivity (Wildman–Crippen MR) is 119 cm³/mol. The van der Waals surface area contributed by atoms with Gasteiger partial charge in [-0.25, -0.2) is 4.98 Å². The highest BCUT2D eigenvalue weighted by atomic mass is 32.1. The van der Waals surface area contributed by atoms with E-state index in [-0.39, 0.29) is 11.8 Å². The van der Waals surface area contributed by atoms with Crippen LogP contribution in [0.15, 0.2) is 59.3 Å². The highest BCUT2D eigenvalue weighted by Crippen LogP contribution is 2.30. The maximum absolute atomic E-state index is 12.8. The van der Waals surface area contributed by atoms with Gasteiger partial charge < -0.3 is 15.1 Å². The second kappa shape index (κ2) is 8.57. The largest absolute Gasteiger partial charge is 0.459 e. The molecule has 0 bridgehead atoms. The number of hydrogen-bond acceptors (Lipinski definition) is 6. The molecule has 0 spiro atoms. The Labute approximate surface area is 182 Å². The van der Waals surface area contributed by atoms with Gasteiger partial charge in [-0.15, -0.1) is 11.3 Å². The molecule has 8 nitrogen and oxygen atoms in total. The van der Waals surface area contributed by atoms with Crippen LogP contribution < -0.4 is 10.6 Å². The number of rotatable bonds is 6. The summed E-state index contributed by atoms with van der Waals surface area (Å²) in [5.41, 5.74) is 1.77. The highest BCUT2D eigenvalue weighted by molar-refractivity contribution is 7.17. The summed E-state index contributed by atoms with van der Waals surface area (Å²) < 4.78 is 7.18. The van der Waals surface area contributed by atoms with E-state index in [1.807, 2.05) is 19.1 Å². The van der Waals surface area contributed by atoms with Crippen molar-refractivity contribution in [2.75, 3.05) is 10.6 Å². The number of hydrogen-bond donors (Lipinski definition) is 2. The minimum Gasteiger partial charge on any atom is -0.459 e. The zero-order valence-electron chi connectivity index (χ0n) is 17.2. The van der Waals surface area contributed by atoms with Crippen molar-refractivity contribution in [3.8, 4) is 10.8 Å². The molecule has 31 heavy (non-hydrogen) atoms. The van der Waals surface area contributed by atoms with Crippen molar-refractivity contribution < 1.29 is 14.0 Å². The van der Waals surface area contributed by atoms with Gasteiger partial charge in [0.2, 0.25) is 5.91 Å². The Morgan fingerprint density at radius 3 is 2.55 bits per heavy atom. The van der Waals surface area contributed by atoms with Gasteiger partial charge in [0.05, 0.1) is 5.69 Å². The van der Waals surface area contributed by atoms with Crippen molar-refractivity contribution in [1.29, 1.82) is 0 Å². The van der Waals surface area contributed by atoms with Crippen LogP contribution in [0.4, 0.5) is 11.4 Å². The number of nitrogens with one attached hydrogen (secondary N) is 2. The van der Waals surface area contributed by atoms with Crippen molar-refractivity contribution in [1.82, 2.24) is 14.8 Å². The van der Waals surface area contributed by atoms with Gasteiger partial charge in [0.25, 0.3) is 5.91 Å². The molecule has 158 valence electrons. The summed E-state index contributed by atoms with van der Waals surface area (Å²) in [6.07, 6.45) is 3.36. The molecule has 2 N–H and O–H groups in total. The average molecular weight is 436 g/mol. The van der Waals surface area contributed by atoms with Gasteiger partial charge in [0.1, 0.15) is 16.7 Å². The summed E-state index contributed by atoms with van der Waals surface area (Å²) in [5, 5.41) is 10.5. The topological polar surface area (TPSA) is 102 Å². The maximum atomic E-state index is 12.8. The third-order valence-corrected chi connectivity index (χ3v) is 5.81. The van der Waals surface area contributed by atoms with Crippen LogP contribution in [0.1, 0.15) is 34.1 Å². The van der Waals surface area contributed by atoms with Gasteiger partial charge in [-0.3, -0.25) is 14.3 Å². The van der Waals surface area contributed by atoms with Crippen molar-refractivity contribution in [2.24, 2.45) is 0 Å². The highest BCUT2D eigenvalue weighted by Gasteiger charge is 2.19. The number of benzene rings is 1. The summed E-state index contributed by atoms with van der Waals surface area (Å²) in [6.45, 7) is 5.41. The normalized spacial score (nSPS) is 11.8. The molecule has 4 aromatic rings. The number of amides is 2. The number of thiazole rings is 1. The Morgan fingerprint density at radius 2 is 1.87 bits per heavy atom. The quantitative estimate of drug-likeness (QED) is 0.458. The Morgan fingerprint density at radius 1 is 1.10 bits per heavy atom. The van der Waals surface area contributed by atoms with Crippen LogP contribution in [0, 0.1) is 13.8 Å². The molecule has 4 rings (SSSR count). The minimum atomic E-state index is -0.461. The maximum Gasteiger partial charge on any atom is 0.267 e. The first-order valence-corrected chi connectivity index (χ1v) is 10.5. The number of carbonyl (C=O) groups is 2. The molecule has 3 heterocycles. The first-order chi connectivity index (χ1) is 14.9. The van der Waals surface area contributed by atoms with Crippen LogP contribution in [0.25, 0.3) is 10.8 Å². The van der Waals surface area contributed by atoms with Crippen LogP contribution >= 0.6 is 11.3 Å². The van der Waals surface area contributed by atoms with E-state index < -0.39 is 6.04 Å². The molecule has 9 heteroatoms. The number of anilines is 2. The van der Waals surface area contributed by atoms with E-state index >= 15 is 0 Å². The van der Waals surface area contributed by atoms with Gasteiger partial charge in [0, 0.05) is 23.8 Å². The van der Waals surface area contributed by atoms with Gasteiger partial charge in [-0.2, -0.15) is 5.10 Å². The first kappa shape index (κ1) is 20.5. The molecule has 0 saturated carbocycles. The summed E-state index contributed by atoms with van der Waals surface area (Å²) >= 11 is 1.27. The van der Waals surface area contributed by atoms with E-state index in [4.69, 9.17) is 4.42 Å². The molecular formula is C22H21N5O3S. The molecule has 1 atom stereocenters. The first-order valence-electron chi connectivity index (χ1n) is 9.66. The summed E-state index contributed by atoms with van der Waals surface area (Å²) in [6, 6.07) is 12.0. The number of nitrogens with zero attached hydrogens (tertiary/aromatic N) is 3. The SMILES string of the molecule is Cc1ccc(-c2nc(C)c(C(=O)Nc3cccc(NC(=O)C(C)n4cccn4)c3)s2)o1. The average Bonchev–Trinajstić information content (AvgIpc) is 3.48. The molecule has 0 aliphatic heterocycles. The van der Waals surface area contributed by atoms with E-state index in [9.17, 15) is 9.59 Å². The lowest BCUT2D eigenvalue weighted by Gasteiger charge is -2.13. The van der Waals surface area contributed by atoms with E-state index in [0.717, 1.165) is 5.76 Å². The van der Waals surface area contributed by atoms with Crippen molar-refractivity contribution in [3.63, 3.8) is 0 Å². The Kier molecular flexibility index (Phi) is 5.68. The van der Waals surface area contributed by atoms with Crippen molar-refractivity contribution in [3.05, 3.63) is 71.2 Å². The number of aryl methyl sites for hydroxylation is 2. The molecule has 2 amide bonds. The number of furan rings is 1. The molecule has 0 aliphatic carbocycles. The van der Waals surface area contributed by atoms with E-state index in [2.05, 4.69) is 20.7 Å². The van der Waals surface area contributed by atoms with Crippen LogP contribution in [0.3, 0.4) is 0 Å².